The Morgan fingerprint density at radius 2 is 1.71 bits per heavy atom. The third-order valence-corrected chi connectivity index (χ3v) is 7.26. The fraction of sp³-hybridized carbons (Fsp3) is 0.450. The summed E-state index contributed by atoms with van der Waals surface area (Å²) in [5.74, 6) is -0.751. The largest absolute Gasteiger partial charge is 0.465 e. The van der Waals surface area contributed by atoms with Gasteiger partial charge in [0.25, 0.3) is 0 Å². The number of hydrogen-bond acceptors (Lipinski definition) is 9. The number of piperazine rings is 1. The van der Waals surface area contributed by atoms with Crippen LogP contribution < -0.4 is 0 Å². The SMILES string of the molecule is COC(=O)c1ccc(C(=O)OC)c(S(=O)(=O)N2CCN(Cc3c(C)noc3C)CC2)c1. The first-order valence-electron chi connectivity index (χ1n) is 9.64. The van der Waals surface area contributed by atoms with Gasteiger partial charge in [-0.2, -0.15) is 4.31 Å². The molecule has 0 unspecified atom stereocenters. The zero-order chi connectivity index (χ0) is 22.8. The van der Waals surface area contributed by atoms with Crippen LogP contribution in [0.3, 0.4) is 0 Å². The minimum Gasteiger partial charge on any atom is -0.465 e. The Morgan fingerprint density at radius 1 is 1.06 bits per heavy atom. The van der Waals surface area contributed by atoms with E-state index in [-0.39, 0.29) is 29.1 Å². The number of ether oxygens (including phenoxy) is 2. The summed E-state index contributed by atoms with van der Waals surface area (Å²) in [6, 6.07) is 3.75. The van der Waals surface area contributed by atoms with Crippen molar-refractivity contribution in [3.05, 3.63) is 46.3 Å². The quantitative estimate of drug-likeness (QED) is 0.600. The molecule has 10 nitrogen and oxygen atoms in total. The Balaban J connectivity index is 1.83. The predicted molar refractivity (Wildman–Crippen MR) is 109 cm³/mol. The molecule has 0 bridgehead atoms. The summed E-state index contributed by atoms with van der Waals surface area (Å²) < 4.78 is 42.6. The van der Waals surface area contributed by atoms with Gasteiger partial charge in [0.2, 0.25) is 10.0 Å². The van der Waals surface area contributed by atoms with Gasteiger partial charge in [0, 0.05) is 38.3 Å². The highest BCUT2D eigenvalue weighted by Crippen LogP contribution is 2.25. The number of sulfonamides is 1. The van der Waals surface area contributed by atoms with Crippen LogP contribution >= 0.6 is 0 Å². The van der Waals surface area contributed by atoms with E-state index in [1.165, 1.54) is 30.7 Å². The Morgan fingerprint density at radius 3 is 2.26 bits per heavy atom. The molecule has 1 fully saturated rings. The second-order valence-corrected chi connectivity index (χ2v) is 9.08. The lowest BCUT2D eigenvalue weighted by Crippen LogP contribution is -2.48. The molecule has 1 aliphatic rings. The van der Waals surface area contributed by atoms with Crippen LogP contribution in [0.4, 0.5) is 0 Å². The van der Waals surface area contributed by atoms with Gasteiger partial charge in [0.15, 0.2) is 0 Å². The molecular weight excluding hydrogens is 426 g/mol. The molecule has 0 atom stereocenters. The number of aromatic nitrogens is 1. The lowest BCUT2D eigenvalue weighted by atomic mass is 10.1. The average molecular weight is 452 g/mol. The van der Waals surface area contributed by atoms with E-state index in [4.69, 9.17) is 9.26 Å². The second-order valence-electron chi connectivity index (χ2n) is 7.18. The van der Waals surface area contributed by atoms with Crippen LogP contribution in [0.15, 0.2) is 27.6 Å². The minimum atomic E-state index is -4.05. The smallest absolute Gasteiger partial charge is 0.339 e. The standard InChI is InChI=1S/C20H25N3O7S/c1-13-17(14(2)30-21-13)12-22-7-9-23(10-8-22)31(26,27)18-11-15(19(24)28-3)5-6-16(18)20(25)29-4/h5-6,11H,7-10,12H2,1-4H3. The molecule has 0 saturated carbocycles. The number of methoxy groups -OCH3 is 2. The van der Waals surface area contributed by atoms with E-state index in [1.807, 2.05) is 13.8 Å². The summed E-state index contributed by atoms with van der Waals surface area (Å²) in [5, 5.41) is 3.95. The zero-order valence-electron chi connectivity index (χ0n) is 17.9. The first-order valence-corrected chi connectivity index (χ1v) is 11.1. The van der Waals surface area contributed by atoms with Gasteiger partial charge < -0.3 is 14.0 Å². The van der Waals surface area contributed by atoms with Crippen LogP contribution in [0.25, 0.3) is 0 Å². The summed E-state index contributed by atoms with van der Waals surface area (Å²) >= 11 is 0. The van der Waals surface area contributed by atoms with E-state index in [0.717, 1.165) is 23.1 Å². The van der Waals surface area contributed by atoms with Gasteiger partial charge in [-0.15, -0.1) is 0 Å². The van der Waals surface area contributed by atoms with Crippen LogP contribution in [0.1, 0.15) is 37.7 Å². The highest BCUT2D eigenvalue weighted by molar-refractivity contribution is 7.89. The molecule has 3 rings (SSSR count). The fourth-order valence-electron chi connectivity index (χ4n) is 3.48. The minimum absolute atomic E-state index is 0.0331. The van der Waals surface area contributed by atoms with E-state index in [9.17, 15) is 18.0 Å². The molecule has 0 spiro atoms. The maximum atomic E-state index is 13.3. The van der Waals surface area contributed by atoms with Crippen LogP contribution in [-0.2, 0) is 26.0 Å². The lowest BCUT2D eigenvalue weighted by Gasteiger charge is -2.34. The molecule has 31 heavy (non-hydrogen) atoms. The Bertz CT molecular complexity index is 1070. The first-order chi connectivity index (χ1) is 14.7. The van der Waals surface area contributed by atoms with Crippen molar-refractivity contribution in [2.75, 3.05) is 40.4 Å². The topological polar surface area (TPSA) is 119 Å². The normalized spacial score (nSPS) is 15.6. The Hall–Kier alpha value is -2.76. The van der Waals surface area contributed by atoms with E-state index < -0.39 is 22.0 Å². The Kier molecular flexibility index (Phi) is 6.77. The van der Waals surface area contributed by atoms with Crippen molar-refractivity contribution in [3.8, 4) is 0 Å². The molecule has 0 radical (unpaired) electrons. The molecular formula is C20H25N3O7S. The molecule has 11 heteroatoms. The number of carbonyl (C=O) groups is 2. The summed E-state index contributed by atoms with van der Waals surface area (Å²) in [4.78, 5) is 25.9. The van der Waals surface area contributed by atoms with Crippen molar-refractivity contribution in [2.24, 2.45) is 0 Å². The highest BCUT2D eigenvalue weighted by Gasteiger charge is 2.33. The number of carbonyl (C=O) groups excluding carboxylic acids is 2. The van der Waals surface area contributed by atoms with E-state index in [2.05, 4.69) is 14.8 Å². The second kappa shape index (κ2) is 9.16. The van der Waals surface area contributed by atoms with Crippen molar-refractivity contribution in [2.45, 2.75) is 25.3 Å². The monoisotopic (exact) mass is 451 g/mol. The maximum absolute atomic E-state index is 13.3. The number of rotatable bonds is 6. The zero-order valence-corrected chi connectivity index (χ0v) is 18.7. The van der Waals surface area contributed by atoms with Crippen molar-refractivity contribution in [1.29, 1.82) is 0 Å². The molecule has 0 amide bonds. The average Bonchev–Trinajstić information content (AvgIpc) is 3.10. The predicted octanol–water partition coefficient (Wildman–Crippen LogP) is 1.37. The van der Waals surface area contributed by atoms with Crippen LogP contribution in [-0.4, -0.2) is 75.1 Å². The molecule has 1 aromatic carbocycles. The summed E-state index contributed by atoms with van der Waals surface area (Å²) in [7, 11) is -1.68. The van der Waals surface area contributed by atoms with E-state index in [0.29, 0.717) is 19.6 Å². The molecule has 168 valence electrons. The van der Waals surface area contributed by atoms with Gasteiger partial charge in [-0.05, 0) is 32.0 Å². The van der Waals surface area contributed by atoms with Crippen LogP contribution in [0.2, 0.25) is 0 Å². The van der Waals surface area contributed by atoms with Gasteiger partial charge in [-0.1, -0.05) is 5.16 Å². The number of aryl methyl sites for hydroxylation is 2. The number of esters is 2. The molecule has 1 aliphatic heterocycles. The Labute approximate surface area is 180 Å². The summed E-state index contributed by atoms with van der Waals surface area (Å²) in [5.41, 5.74) is 1.71. The lowest BCUT2D eigenvalue weighted by molar-refractivity contribution is 0.0583. The van der Waals surface area contributed by atoms with Gasteiger partial charge >= 0.3 is 11.9 Å². The van der Waals surface area contributed by atoms with E-state index in [1.54, 1.807) is 0 Å². The van der Waals surface area contributed by atoms with Crippen molar-refractivity contribution >= 4 is 22.0 Å². The number of benzene rings is 1. The van der Waals surface area contributed by atoms with E-state index >= 15 is 0 Å². The van der Waals surface area contributed by atoms with Crippen LogP contribution in [0.5, 0.6) is 0 Å². The molecule has 2 aromatic rings. The number of hydrogen-bond donors (Lipinski definition) is 0. The van der Waals surface area contributed by atoms with Crippen LogP contribution in [0, 0.1) is 13.8 Å². The van der Waals surface area contributed by atoms with Gasteiger partial charge in [0.1, 0.15) is 5.76 Å². The van der Waals surface area contributed by atoms with Crippen molar-refractivity contribution in [3.63, 3.8) is 0 Å². The molecule has 1 saturated heterocycles. The van der Waals surface area contributed by atoms with Crippen molar-refractivity contribution < 1.29 is 32.0 Å². The number of nitrogens with zero attached hydrogens (tertiary/aromatic N) is 3. The van der Waals surface area contributed by atoms with Gasteiger partial charge in [0.05, 0.1) is 35.9 Å². The third kappa shape index (κ3) is 4.63. The summed E-state index contributed by atoms with van der Waals surface area (Å²) in [6.07, 6.45) is 0. The van der Waals surface area contributed by atoms with Gasteiger partial charge in [-0.3, -0.25) is 4.90 Å². The van der Waals surface area contributed by atoms with Crippen molar-refractivity contribution in [1.82, 2.24) is 14.4 Å². The third-order valence-electron chi connectivity index (χ3n) is 5.32. The fourth-order valence-corrected chi connectivity index (χ4v) is 5.10. The summed E-state index contributed by atoms with van der Waals surface area (Å²) in [6.45, 7) is 5.78. The molecule has 1 aromatic heterocycles. The first kappa shape index (κ1) is 22.9. The highest BCUT2D eigenvalue weighted by atomic mass is 32.2. The molecule has 0 N–H and O–H groups in total. The maximum Gasteiger partial charge on any atom is 0.339 e. The van der Waals surface area contributed by atoms with Gasteiger partial charge in [-0.25, -0.2) is 18.0 Å². The molecule has 2 heterocycles. The molecule has 0 aliphatic carbocycles.